The summed E-state index contributed by atoms with van der Waals surface area (Å²) in [7, 11) is -3.69. The highest BCUT2D eigenvalue weighted by Gasteiger charge is 2.64. The first kappa shape index (κ1) is 28.4. The molecule has 5 rings (SSSR count). The van der Waals surface area contributed by atoms with E-state index in [4.69, 9.17) is 5.41 Å². The minimum absolute atomic E-state index is 0.154. The van der Waals surface area contributed by atoms with Crippen LogP contribution in [0.5, 0.6) is 0 Å². The molecule has 0 saturated heterocycles. The van der Waals surface area contributed by atoms with Crippen molar-refractivity contribution in [3.8, 4) is 0 Å². The maximum Gasteiger partial charge on any atom is 0.273 e. The fourth-order valence-corrected chi connectivity index (χ4v) is 12.2. The molecule has 8 heteroatoms. The number of hydrogen-bond acceptors (Lipinski definition) is 5. The van der Waals surface area contributed by atoms with Crippen LogP contribution in [0.2, 0.25) is 0 Å². The molecular formula is C30H49N3O3S2. The maximum atomic E-state index is 12.4. The van der Waals surface area contributed by atoms with Crippen molar-refractivity contribution in [3.05, 3.63) is 17.5 Å². The predicted molar refractivity (Wildman–Crippen MR) is 155 cm³/mol. The van der Waals surface area contributed by atoms with Crippen molar-refractivity contribution >= 4 is 27.3 Å². The van der Waals surface area contributed by atoms with Gasteiger partial charge in [-0.2, -0.15) is 0 Å². The molecule has 0 radical (unpaired) electrons. The smallest absolute Gasteiger partial charge is 0.273 e. The Morgan fingerprint density at radius 3 is 2.61 bits per heavy atom. The number of guanidine groups is 1. The van der Waals surface area contributed by atoms with E-state index < -0.39 is 10.0 Å². The largest absolute Gasteiger partial charge is 0.393 e. The molecule has 0 spiro atoms. The number of hydrogen-bond donors (Lipinski definition) is 4. The first-order valence-corrected chi connectivity index (χ1v) is 17.5. The van der Waals surface area contributed by atoms with Crippen molar-refractivity contribution < 1.29 is 13.5 Å². The summed E-state index contributed by atoms with van der Waals surface area (Å²) in [6.45, 7) is 10.3. The van der Waals surface area contributed by atoms with Crippen molar-refractivity contribution in [2.75, 3.05) is 6.54 Å². The molecule has 10 atom stereocenters. The Balaban J connectivity index is 1.23. The molecule has 4 N–H and O–H groups in total. The van der Waals surface area contributed by atoms with Crippen molar-refractivity contribution in [1.82, 2.24) is 10.0 Å². The Kier molecular flexibility index (Phi) is 8.00. The second kappa shape index (κ2) is 10.7. The lowest BCUT2D eigenvalue weighted by atomic mass is 9.41. The average molecular weight is 564 g/mol. The van der Waals surface area contributed by atoms with Crippen LogP contribution in [0.4, 0.5) is 0 Å². The van der Waals surface area contributed by atoms with Crippen LogP contribution in [-0.4, -0.2) is 32.1 Å². The predicted octanol–water partition coefficient (Wildman–Crippen LogP) is 6.23. The third-order valence-electron chi connectivity index (χ3n) is 12.0. The van der Waals surface area contributed by atoms with E-state index in [1.165, 1.54) is 51.4 Å². The number of nitrogens with one attached hydrogen (secondary N) is 3. The van der Waals surface area contributed by atoms with Gasteiger partial charge in [-0.25, -0.2) is 13.1 Å². The van der Waals surface area contributed by atoms with Gasteiger partial charge in [0.05, 0.1) is 6.10 Å². The second-order valence-corrected chi connectivity index (χ2v) is 16.4. The minimum atomic E-state index is -3.69. The number of aliphatic hydroxyl groups excluding tert-OH is 1. The molecule has 0 aliphatic heterocycles. The molecule has 4 saturated carbocycles. The summed E-state index contributed by atoms with van der Waals surface area (Å²) in [6, 6.07) is 3.25. The average Bonchev–Trinajstić information content (AvgIpc) is 3.53. The van der Waals surface area contributed by atoms with E-state index in [1.54, 1.807) is 17.5 Å². The van der Waals surface area contributed by atoms with Crippen molar-refractivity contribution in [3.63, 3.8) is 0 Å². The highest BCUT2D eigenvalue weighted by atomic mass is 32.2. The zero-order chi connectivity index (χ0) is 27.3. The van der Waals surface area contributed by atoms with Crippen LogP contribution < -0.4 is 10.0 Å². The van der Waals surface area contributed by atoms with Crippen LogP contribution in [0.15, 0.2) is 21.7 Å². The molecule has 6 nitrogen and oxygen atoms in total. The van der Waals surface area contributed by atoms with E-state index >= 15 is 0 Å². The van der Waals surface area contributed by atoms with Crippen LogP contribution in [0.3, 0.4) is 0 Å². The van der Waals surface area contributed by atoms with Crippen LogP contribution in [0.25, 0.3) is 0 Å². The lowest BCUT2D eigenvalue weighted by molar-refractivity contribution is -0.194. The van der Waals surface area contributed by atoms with Crippen LogP contribution >= 0.6 is 11.3 Å². The molecule has 1 aromatic rings. The van der Waals surface area contributed by atoms with E-state index in [-0.39, 0.29) is 21.7 Å². The van der Waals surface area contributed by atoms with E-state index in [1.807, 2.05) is 0 Å². The van der Waals surface area contributed by atoms with Gasteiger partial charge in [0.15, 0.2) is 0 Å². The van der Waals surface area contributed by atoms with Gasteiger partial charge in [0.1, 0.15) is 4.21 Å². The molecule has 1 aromatic heterocycles. The fourth-order valence-electron chi connectivity index (χ4n) is 10.3. The molecule has 4 aliphatic rings. The van der Waals surface area contributed by atoms with Gasteiger partial charge in [0.25, 0.3) is 10.0 Å². The summed E-state index contributed by atoms with van der Waals surface area (Å²) in [5, 5.41) is 24.7. The van der Waals surface area contributed by atoms with Crippen LogP contribution in [-0.2, 0) is 10.0 Å². The van der Waals surface area contributed by atoms with E-state index in [2.05, 4.69) is 37.7 Å². The number of aliphatic hydroxyl groups is 1. The molecule has 214 valence electrons. The summed E-state index contributed by atoms with van der Waals surface area (Å²) in [5.41, 5.74) is 0.653. The van der Waals surface area contributed by atoms with Crippen LogP contribution in [0, 0.1) is 57.7 Å². The number of sulfonamides is 1. The maximum absolute atomic E-state index is 12.4. The highest BCUT2D eigenvalue weighted by molar-refractivity contribution is 7.92. The molecule has 1 heterocycles. The van der Waals surface area contributed by atoms with Gasteiger partial charge in [-0.1, -0.05) is 53.0 Å². The summed E-state index contributed by atoms with van der Waals surface area (Å²) in [4.78, 5) is 0. The van der Waals surface area contributed by atoms with Crippen molar-refractivity contribution in [2.45, 2.75) is 102 Å². The Hall–Kier alpha value is -1.12. The fraction of sp³-hybridized carbons (Fsp3) is 0.833. The van der Waals surface area contributed by atoms with Crippen LogP contribution in [0.1, 0.15) is 91.9 Å². The Morgan fingerprint density at radius 2 is 1.89 bits per heavy atom. The third kappa shape index (κ3) is 4.74. The second-order valence-electron chi connectivity index (χ2n) is 13.5. The lowest BCUT2D eigenvalue weighted by Gasteiger charge is -2.64. The van der Waals surface area contributed by atoms with Crippen molar-refractivity contribution in [2.24, 2.45) is 52.3 Å². The number of thiophene rings is 1. The topological polar surface area (TPSA) is 102 Å². The first-order valence-electron chi connectivity index (χ1n) is 15.1. The molecule has 4 aliphatic carbocycles. The zero-order valence-electron chi connectivity index (χ0n) is 23.7. The third-order valence-corrected chi connectivity index (χ3v) is 14.7. The summed E-state index contributed by atoms with van der Waals surface area (Å²) >= 11 is 1.15. The number of rotatable bonds is 7. The summed E-state index contributed by atoms with van der Waals surface area (Å²) in [6.07, 6.45) is 12.2. The van der Waals surface area contributed by atoms with E-state index in [0.717, 1.165) is 24.2 Å². The molecule has 0 amide bonds. The number of fused-ring (bicyclic) bond motifs is 5. The van der Waals surface area contributed by atoms with E-state index in [9.17, 15) is 13.5 Å². The van der Waals surface area contributed by atoms with Gasteiger partial charge < -0.3 is 10.4 Å². The van der Waals surface area contributed by atoms with Crippen molar-refractivity contribution in [1.29, 1.82) is 5.41 Å². The van der Waals surface area contributed by atoms with Gasteiger partial charge in [0.2, 0.25) is 5.96 Å². The SMILES string of the molecule is CC[C@H]1[C@@H](O)[C@@H]2[C@H](CC[C@]3(C)[C@@H]([C@H](C)CCNC(=N)NS(=O)(=O)c4cccs4)CC[C@@H]23)[C@@]2(C)CCCC[C@@H]12. The van der Waals surface area contributed by atoms with Gasteiger partial charge >= 0.3 is 0 Å². The molecule has 0 bridgehead atoms. The Morgan fingerprint density at radius 1 is 1.13 bits per heavy atom. The van der Waals surface area contributed by atoms with Gasteiger partial charge in [-0.05, 0) is 109 Å². The normalized spacial score (nSPS) is 41.4. The standard InChI is InChI=1S/C30H49N3O3S2/c1-5-20-22-9-6-7-15-29(22,3)24-13-16-30(4)21(11-12-23(30)26(24)27(20)34)19(2)14-17-32-28(31)33-38(35,36)25-10-8-18-37-25/h8,10,18-24,26-27,34H,5-7,9,11-17H2,1-4H3,(H3,31,32,33)/t19-,20-,21-,22+,23+,24+,26+,27-,29+,30-/m1/s1. The molecule has 38 heavy (non-hydrogen) atoms. The summed E-state index contributed by atoms with van der Waals surface area (Å²) < 4.78 is 27.4. The highest BCUT2D eigenvalue weighted by Crippen LogP contribution is 2.69. The quantitative estimate of drug-likeness (QED) is 0.233. The molecule has 0 aromatic carbocycles. The molecule has 4 fully saturated rings. The van der Waals surface area contributed by atoms with Gasteiger partial charge in [-0.15, -0.1) is 11.3 Å². The lowest BCUT2D eigenvalue weighted by Crippen LogP contribution is -2.61. The monoisotopic (exact) mass is 563 g/mol. The molecular weight excluding hydrogens is 514 g/mol. The zero-order valence-corrected chi connectivity index (χ0v) is 25.3. The Bertz CT molecular complexity index is 1090. The van der Waals surface area contributed by atoms with Gasteiger partial charge in [-0.3, -0.25) is 5.41 Å². The minimum Gasteiger partial charge on any atom is -0.393 e. The molecule has 0 unspecified atom stereocenters. The first-order chi connectivity index (χ1) is 18.0. The van der Waals surface area contributed by atoms with Gasteiger partial charge in [0, 0.05) is 6.54 Å². The van der Waals surface area contributed by atoms with E-state index in [0.29, 0.717) is 53.4 Å². The Labute approximate surface area is 234 Å². The summed E-state index contributed by atoms with van der Waals surface area (Å²) in [5.74, 6) is 3.77.